The molecule has 0 saturated carbocycles. The van der Waals surface area contributed by atoms with Gasteiger partial charge in [-0.2, -0.15) is 0 Å². The van der Waals surface area contributed by atoms with Crippen molar-refractivity contribution in [1.29, 1.82) is 0 Å². The van der Waals surface area contributed by atoms with E-state index < -0.39 is 0 Å². The number of ether oxygens (including phenoxy) is 2. The highest BCUT2D eigenvalue weighted by molar-refractivity contribution is 6.32. The summed E-state index contributed by atoms with van der Waals surface area (Å²) >= 11 is 5.68. The average molecular weight is 186 g/mol. The predicted octanol–water partition coefficient (Wildman–Crippen LogP) is 1.28. The van der Waals surface area contributed by atoms with E-state index in [1.807, 2.05) is 0 Å². The highest BCUT2D eigenvalue weighted by Crippen LogP contribution is 2.32. The predicted molar refractivity (Wildman–Crippen MR) is 40.8 cm³/mol. The summed E-state index contributed by atoms with van der Waals surface area (Å²) in [5.41, 5.74) is 0.168. The molecule has 2 heterocycles. The maximum Gasteiger partial charge on any atom is 0.260 e. The minimum atomic E-state index is 0.126. The lowest BCUT2D eigenvalue weighted by molar-refractivity contribution is 0.111. The Morgan fingerprint density at radius 2 is 2.42 bits per heavy atom. The van der Waals surface area contributed by atoms with Crippen molar-refractivity contribution < 1.29 is 14.3 Å². The van der Waals surface area contributed by atoms with Crippen molar-refractivity contribution in [2.45, 2.75) is 0 Å². The van der Waals surface area contributed by atoms with Crippen LogP contribution in [0.5, 0.6) is 11.6 Å². The van der Waals surface area contributed by atoms with Crippen molar-refractivity contribution in [1.82, 2.24) is 4.98 Å². The van der Waals surface area contributed by atoms with Crippen molar-refractivity contribution in [3.05, 3.63) is 16.8 Å². The summed E-state index contributed by atoms with van der Waals surface area (Å²) in [7, 11) is 0. The van der Waals surface area contributed by atoms with Crippen molar-refractivity contribution >= 4 is 17.9 Å². The maximum absolute atomic E-state index is 10.4. The van der Waals surface area contributed by atoms with E-state index in [0.29, 0.717) is 17.9 Å². The fourth-order valence-corrected chi connectivity index (χ4v) is 1.09. The molecule has 1 aliphatic rings. The Labute approximate surface area is 73.1 Å². The van der Waals surface area contributed by atoms with Gasteiger partial charge in [-0.3, -0.25) is 4.79 Å². The molecule has 0 radical (unpaired) electrons. The van der Waals surface area contributed by atoms with Crippen molar-refractivity contribution in [2.24, 2.45) is 0 Å². The molecule has 5 heteroatoms. The van der Waals surface area contributed by atoms with Crippen molar-refractivity contribution in [3.8, 4) is 11.6 Å². The van der Waals surface area contributed by atoms with Crippen molar-refractivity contribution in [3.63, 3.8) is 0 Å². The Hall–Kier alpha value is -1.29. The summed E-state index contributed by atoms with van der Waals surface area (Å²) in [5.74, 6) is 0.798. The molecule has 0 amide bonds. The van der Waals surface area contributed by atoms with Gasteiger partial charge in [0.2, 0.25) is 6.79 Å². The molecule has 0 spiro atoms. The molecular formula is C7H4ClNO3. The SMILES string of the molecule is O=Cc1nc2c(cc1Cl)OCO2. The third-order valence-electron chi connectivity index (χ3n) is 1.46. The fourth-order valence-electron chi connectivity index (χ4n) is 0.907. The van der Waals surface area contributed by atoms with E-state index in [0.717, 1.165) is 0 Å². The standard InChI is InChI=1S/C7H4ClNO3/c8-4-1-6-7(12-3-11-6)9-5(4)2-10/h1-2H,3H2. The Bertz CT molecular complexity index is 340. The molecule has 12 heavy (non-hydrogen) atoms. The first kappa shape index (κ1) is 7.36. The molecule has 2 rings (SSSR count). The lowest BCUT2D eigenvalue weighted by Crippen LogP contribution is -1.94. The second kappa shape index (κ2) is 2.64. The number of nitrogens with zero attached hydrogens (tertiary/aromatic N) is 1. The van der Waals surface area contributed by atoms with Gasteiger partial charge < -0.3 is 9.47 Å². The summed E-state index contributed by atoms with van der Waals surface area (Å²) in [6, 6.07) is 1.51. The van der Waals surface area contributed by atoms with Gasteiger partial charge in [-0.25, -0.2) is 4.98 Å². The van der Waals surface area contributed by atoms with Crippen LogP contribution in [0.3, 0.4) is 0 Å². The van der Waals surface area contributed by atoms with Crippen LogP contribution in [0.4, 0.5) is 0 Å². The first-order chi connectivity index (χ1) is 5.81. The number of carbonyl (C=O) groups excluding carboxylic acids is 1. The van der Waals surface area contributed by atoms with E-state index in [4.69, 9.17) is 21.1 Å². The van der Waals surface area contributed by atoms with Gasteiger partial charge in [0.05, 0.1) is 5.02 Å². The van der Waals surface area contributed by atoms with E-state index >= 15 is 0 Å². The Kier molecular flexibility index (Phi) is 1.62. The van der Waals surface area contributed by atoms with Gasteiger partial charge in [-0.05, 0) is 0 Å². The molecule has 0 atom stereocenters. The van der Waals surface area contributed by atoms with Crippen LogP contribution in [-0.4, -0.2) is 18.1 Å². The summed E-state index contributed by atoms with van der Waals surface area (Å²) in [4.78, 5) is 14.2. The average Bonchev–Trinajstić information content (AvgIpc) is 2.49. The first-order valence-corrected chi connectivity index (χ1v) is 3.60. The van der Waals surface area contributed by atoms with Crippen LogP contribution >= 0.6 is 11.6 Å². The van der Waals surface area contributed by atoms with E-state index in [9.17, 15) is 4.79 Å². The molecule has 0 saturated heterocycles. The van der Waals surface area contributed by atoms with Gasteiger partial charge in [0.25, 0.3) is 5.88 Å². The summed E-state index contributed by atoms with van der Waals surface area (Å²) in [5, 5.41) is 0.272. The van der Waals surface area contributed by atoms with Crippen LogP contribution in [0, 0.1) is 0 Å². The zero-order valence-electron chi connectivity index (χ0n) is 5.91. The molecule has 0 fully saturated rings. The van der Waals surface area contributed by atoms with Crippen LogP contribution in [0.15, 0.2) is 6.07 Å². The van der Waals surface area contributed by atoms with Gasteiger partial charge in [0, 0.05) is 6.07 Å². The third-order valence-corrected chi connectivity index (χ3v) is 1.76. The van der Waals surface area contributed by atoms with E-state index in [1.54, 1.807) is 0 Å². The first-order valence-electron chi connectivity index (χ1n) is 3.22. The fraction of sp³-hybridized carbons (Fsp3) is 0.143. The van der Waals surface area contributed by atoms with Crippen molar-refractivity contribution in [2.75, 3.05) is 6.79 Å². The van der Waals surface area contributed by atoms with Crippen LogP contribution < -0.4 is 9.47 Å². The van der Waals surface area contributed by atoms with Crippen LogP contribution in [0.25, 0.3) is 0 Å². The molecule has 62 valence electrons. The number of fused-ring (bicyclic) bond motifs is 1. The lowest BCUT2D eigenvalue weighted by atomic mass is 10.3. The van der Waals surface area contributed by atoms with E-state index in [1.165, 1.54) is 6.07 Å². The lowest BCUT2D eigenvalue weighted by Gasteiger charge is -1.97. The van der Waals surface area contributed by atoms with Crippen LogP contribution in [0.1, 0.15) is 10.5 Å². The minimum Gasteiger partial charge on any atom is -0.452 e. The second-order valence-corrected chi connectivity index (χ2v) is 2.59. The van der Waals surface area contributed by atoms with Gasteiger partial charge >= 0.3 is 0 Å². The number of aromatic nitrogens is 1. The second-order valence-electron chi connectivity index (χ2n) is 2.18. The molecule has 0 aromatic carbocycles. The highest BCUT2D eigenvalue weighted by atomic mass is 35.5. The van der Waals surface area contributed by atoms with Gasteiger partial charge in [0.1, 0.15) is 5.69 Å². The summed E-state index contributed by atoms with van der Waals surface area (Å²) < 4.78 is 9.94. The van der Waals surface area contributed by atoms with Gasteiger partial charge in [-0.15, -0.1) is 0 Å². The molecule has 0 unspecified atom stereocenters. The summed E-state index contributed by atoms with van der Waals surface area (Å²) in [6.07, 6.45) is 0.574. The van der Waals surface area contributed by atoms with E-state index in [-0.39, 0.29) is 17.5 Å². The zero-order chi connectivity index (χ0) is 8.55. The molecule has 4 nitrogen and oxygen atoms in total. The number of halogens is 1. The number of carbonyl (C=O) groups is 1. The monoisotopic (exact) mass is 185 g/mol. The smallest absolute Gasteiger partial charge is 0.260 e. The normalized spacial score (nSPS) is 13.1. The van der Waals surface area contributed by atoms with Gasteiger partial charge in [-0.1, -0.05) is 11.6 Å². The van der Waals surface area contributed by atoms with Gasteiger partial charge in [0.15, 0.2) is 12.0 Å². The number of aldehydes is 1. The Morgan fingerprint density at radius 1 is 1.58 bits per heavy atom. The molecule has 1 aromatic heterocycles. The molecule has 0 bridgehead atoms. The minimum absolute atomic E-state index is 0.126. The molecular weight excluding hydrogens is 182 g/mol. The highest BCUT2D eigenvalue weighted by Gasteiger charge is 2.17. The number of pyridine rings is 1. The quantitative estimate of drug-likeness (QED) is 0.619. The molecule has 0 N–H and O–H groups in total. The zero-order valence-corrected chi connectivity index (χ0v) is 6.67. The summed E-state index contributed by atoms with van der Waals surface area (Å²) in [6.45, 7) is 0.126. The van der Waals surface area contributed by atoms with E-state index in [2.05, 4.69) is 4.98 Å². The van der Waals surface area contributed by atoms with Crippen LogP contribution in [-0.2, 0) is 0 Å². The number of hydrogen-bond acceptors (Lipinski definition) is 4. The Morgan fingerprint density at radius 3 is 3.17 bits per heavy atom. The largest absolute Gasteiger partial charge is 0.452 e. The topological polar surface area (TPSA) is 48.4 Å². The molecule has 1 aromatic rings. The maximum atomic E-state index is 10.4. The number of rotatable bonds is 1. The van der Waals surface area contributed by atoms with Crippen LogP contribution in [0.2, 0.25) is 5.02 Å². The molecule has 1 aliphatic heterocycles. The third kappa shape index (κ3) is 1.00. The number of hydrogen-bond donors (Lipinski definition) is 0. The molecule has 0 aliphatic carbocycles. The Balaban J connectivity index is 2.56.